The number of guanidine groups is 1. The fourth-order valence-corrected chi connectivity index (χ4v) is 4.78. The zero-order chi connectivity index (χ0) is 20.8. The molecule has 1 aliphatic carbocycles. The third-order valence-corrected chi connectivity index (χ3v) is 6.13. The van der Waals surface area contributed by atoms with Crippen LogP contribution < -0.4 is 10.6 Å². The van der Waals surface area contributed by atoms with Gasteiger partial charge in [0.2, 0.25) is 5.91 Å². The molecule has 6 heteroatoms. The molecule has 0 aromatic carbocycles. The van der Waals surface area contributed by atoms with Crippen molar-refractivity contribution in [2.45, 2.75) is 72.3 Å². The van der Waals surface area contributed by atoms with Crippen LogP contribution in [0, 0.1) is 16.7 Å². The number of amides is 1. The highest BCUT2D eigenvalue weighted by molar-refractivity contribution is 5.84. The van der Waals surface area contributed by atoms with Crippen molar-refractivity contribution in [1.29, 1.82) is 0 Å². The van der Waals surface area contributed by atoms with Crippen LogP contribution in [0.3, 0.4) is 0 Å². The number of hydrogen-bond acceptors (Lipinski definition) is 3. The number of nitrogens with zero attached hydrogens (tertiary/aromatic N) is 2. The van der Waals surface area contributed by atoms with Gasteiger partial charge in [-0.3, -0.25) is 9.79 Å². The van der Waals surface area contributed by atoms with Crippen molar-refractivity contribution in [3.8, 4) is 0 Å². The van der Waals surface area contributed by atoms with Gasteiger partial charge in [0.25, 0.3) is 0 Å². The van der Waals surface area contributed by atoms with Gasteiger partial charge in [0, 0.05) is 39.7 Å². The minimum Gasteiger partial charge on any atom is -0.377 e. The first-order chi connectivity index (χ1) is 13.2. The van der Waals surface area contributed by atoms with Gasteiger partial charge < -0.3 is 20.3 Å². The van der Waals surface area contributed by atoms with Gasteiger partial charge in [-0.15, -0.1) is 0 Å². The lowest BCUT2D eigenvalue weighted by Gasteiger charge is -2.40. The Labute approximate surface area is 171 Å². The van der Waals surface area contributed by atoms with Crippen molar-refractivity contribution >= 4 is 11.9 Å². The van der Waals surface area contributed by atoms with Crippen molar-refractivity contribution in [2.24, 2.45) is 21.7 Å². The molecule has 0 bridgehead atoms. The highest BCUT2D eigenvalue weighted by Gasteiger charge is 2.42. The monoisotopic (exact) mass is 394 g/mol. The molecule has 2 aliphatic rings. The van der Waals surface area contributed by atoms with E-state index in [1.165, 1.54) is 6.42 Å². The quantitative estimate of drug-likeness (QED) is 0.537. The minimum atomic E-state index is -0.326. The molecule has 162 valence electrons. The molecule has 1 heterocycles. The Balaban J connectivity index is 2.04. The summed E-state index contributed by atoms with van der Waals surface area (Å²) in [5.41, 5.74) is -0.192. The number of hydrogen-bond donors (Lipinski definition) is 2. The molecule has 0 aromatic heterocycles. The topological polar surface area (TPSA) is 66.0 Å². The Morgan fingerprint density at radius 1 is 1.18 bits per heavy atom. The van der Waals surface area contributed by atoms with Gasteiger partial charge in [-0.1, -0.05) is 33.6 Å². The van der Waals surface area contributed by atoms with Gasteiger partial charge in [0.1, 0.15) is 0 Å². The zero-order valence-corrected chi connectivity index (χ0v) is 18.9. The van der Waals surface area contributed by atoms with E-state index in [1.807, 2.05) is 14.1 Å². The third kappa shape index (κ3) is 5.85. The van der Waals surface area contributed by atoms with Crippen molar-refractivity contribution in [3.63, 3.8) is 0 Å². The lowest BCUT2D eigenvalue weighted by atomic mass is 9.78. The third-order valence-electron chi connectivity index (χ3n) is 6.13. The maximum Gasteiger partial charge on any atom is 0.230 e. The number of carbonyl (C=O) groups excluding carboxylic acids is 1. The molecule has 2 unspecified atom stereocenters. The van der Waals surface area contributed by atoms with Crippen molar-refractivity contribution < 1.29 is 9.53 Å². The van der Waals surface area contributed by atoms with E-state index in [2.05, 4.69) is 38.3 Å². The average molecular weight is 395 g/mol. The normalized spacial score (nSPS) is 25.4. The Morgan fingerprint density at radius 3 is 2.43 bits per heavy atom. The van der Waals surface area contributed by atoms with Gasteiger partial charge >= 0.3 is 0 Å². The van der Waals surface area contributed by atoms with Gasteiger partial charge in [0.05, 0.1) is 18.1 Å². The molecule has 2 atom stereocenters. The maximum atomic E-state index is 12.8. The minimum absolute atomic E-state index is 0.133. The molecule has 1 saturated carbocycles. The summed E-state index contributed by atoms with van der Waals surface area (Å²) in [6, 6.07) is 0. The molecular formula is C22H42N4O2. The van der Waals surface area contributed by atoms with Gasteiger partial charge in [-0.2, -0.15) is 0 Å². The largest absolute Gasteiger partial charge is 0.377 e. The lowest BCUT2D eigenvalue weighted by Crippen LogP contribution is -2.48. The summed E-state index contributed by atoms with van der Waals surface area (Å²) >= 11 is 0. The van der Waals surface area contributed by atoms with Crippen LogP contribution >= 0.6 is 0 Å². The first kappa shape index (κ1) is 23.0. The van der Waals surface area contributed by atoms with E-state index in [0.717, 1.165) is 57.8 Å². The fraction of sp³-hybridized carbons (Fsp3) is 0.909. The van der Waals surface area contributed by atoms with Gasteiger partial charge in [-0.05, 0) is 38.0 Å². The van der Waals surface area contributed by atoms with Crippen LogP contribution in [-0.4, -0.2) is 63.2 Å². The van der Waals surface area contributed by atoms with E-state index in [0.29, 0.717) is 12.5 Å². The molecular weight excluding hydrogens is 352 g/mol. The molecule has 1 aliphatic heterocycles. The van der Waals surface area contributed by atoms with E-state index in [4.69, 9.17) is 9.73 Å². The molecule has 2 rings (SSSR count). The Hall–Kier alpha value is -1.30. The molecule has 28 heavy (non-hydrogen) atoms. The Bertz CT molecular complexity index is 533. The van der Waals surface area contributed by atoms with Gasteiger partial charge in [0.15, 0.2) is 5.96 Å². The summed E-state index contributed by atoms with van der Waals surface area (Å²) in [5.74, 6) is 1.51. The summed E-state index contributed by atoms with van der Waals surface area (Å²) in [4.78, 5) is 19.4. The van der Waals surface area contributed by atoms with Crippen LogP contribution in [0.15, 0.2) is 4.99 Å². The van der Waals surface area contributed by atoms with Crippen LogP contribution in [0.25, 0.3) is 0 Å². The number of nitrogens with one attached hydrogen (secondary N) is 2. The second-order valence-electron chi connectivity index (χ2n) is 9.82. The van der Waals surface area contributed by atoms with E-state index >= 15 is 0 Å². The van der Waals surface area contributed by atoms with Crippen LogP contribution in [0.1, 0.15) is 66.2 Å². The summed E-state index contributed by atoms with van der Waals surface area (Å²) in [6.45, 7) is 11.9. The second-order valence-corrected chi connectivity index (χ2v) is 9.82. The molecule has 6 nitrogen and oxygen atoms in total. The van der Waals surface area contributed by atoms with Crippen molar-refractivity contribution in [3.05, 3.63) is 0 Å². The van der Waals surface area contributed by atoms with Crippen molar-refractivity contribution in [2.75, 3.05) is 40.3 Å². The zero-order valence-electron chi connectivity index (χ0n) is 18.9. The molecule has 2 fully saturated rings. The van der Waals surface area contributed by atoms with E-state index in [-0.39, 0.29) is 22.8 Å². The first-order valence-electron chi connectivity index (χ1n) is 11.0. The van der Waals surface area contributed by atoms with Crippen LogP contribution in [0.2, 0.25) is 0 Å². The maximum absolute atomic E-state index is 12.8. The number of ether oxygens (including phenoxy) is 1. The van der Waals surface area contributed by atoms with Crippen LogP contribution in [0.5, 0.6) is 0 Å². The summed E-state index contributed by atoms with van der Waals surface area (Å²) in [5, 5.41) is 6.89. The van der Waals surface area contributed by atoms with E-state index in [9.17, 15) is 4.79 Å². The summed E-state index contributed by atoms with van der Waals surface area (Å²) in [7, 11) is 3.70. The Morgan fingerprint density at radius 2 is 1.86 bits per heavy atom. The summed E-state index contributed by atoms with van der Waals surface area (Å²) in [6.07, 6.45) is 6.67. The molecule has 0 spiro atoms. The van der Waals surface area contributed by atoms with Crippen LogP contribution in [-0.2, 0) is 9.53 Å². The highest BCUT2D eigenvalue weighted by Crippen LogP contribution is 2.40. The predicted molar refractivity (Wildman–Crippen MR) is 115 cm³/mol. The van der Waals surface area contributed by atoms with Gasteiger partial charge in [-0.25, -0.2) is 0 Å². The number of aliphatic imine (C=N–C) groups is 1. The number of carbonyl (C=O) groups is 1. The standard InChI is InChI=1S/C22H42N4O2/c1-7-23-20(24-15-17-11-10-14-28-18(17)21(2,3)4)25-16-22(12-8-9-13-22)19(27)26(5)6/h17-18H,7-16H2,1-6H3,(H2,23,24,25). The van der Waals surface area contributed by atoms with E-state index < -0.39 is 0 Å². The predicted octanol–water partition coefficient (Wildman–Crippen LogP) is 3.03. The molecule has 2 N–H and O–H groups in total. The van der Waals surface area contributed by atoms with E-state index in [1.54, 1.807) is 4.90 Å². The molecule has 1 saturated heterocycles. The Kier molecular flexibility index (Phi) is 8.17. The first-order valence-corrected chi connectivity index (χ1v) is 11.0. The van der Waals surface area contributed by atoms with Crippen LogP contribution in [0.4, 0.5) is 0 Å². The SMILES string of the molecule is CCNC(=NCC1(C(=O)N(C)C)CCCC1)NCC1CCCOC1C(C)(C)C. The molecule has 0 aromatic rings. The second kappa shape index (κ2) is 9.95. The molecule has 1 amide bonds. The summed E-state index contributed by atoms with van der Waals surface area (Å²) < 4.78 is 6.11. The lowest BCUT2D eigenvalue weighted by molar-refractivity contribution is -0.138. The molecule has 0 radical (unpaired) electrons. The average Bonchev–Trinajstić information content (AvgIpc) is 3.13. The highest BCUT2D eigenvalue weighted by atomic mass is 16.5. The smallest absolute Gasteiger partial charge is 0.230 e. The van der Waals surface area contributed by atoms with Crippen molar-refractivity contribution in [1.82, 2.24) is 15.5 Å². The fourth-order valence-electron chi connectivity index (χ4n) is 4.78. The number of rotatable bonds is 6.